The number of benzene rings is 2. The van der Waals surface area contributed by atoms with Crippen LogP contribution in [0.1, 0.15) is 43.2 Å². The number of hydrogen-bond donors (Lipinski definition) is 1. The number of nitrogens with one attached hydrogen (secondary N) is 1. The van der Waals surface area contributed by atoms with Crippen molar-refractivity contribution in [3.8, 4) is 11.5 Å². The predicted molar refractivity (Wildman–Crippen MR) is 121 cm³/mol. The maximum absolute atomic E-state index is 13.9. The SMILES string of the molecule is COc1ccc(OC)c(S(=O)(=O)N2Cc3ccccc3C[C@H]2C(=O)NC2CCCCC2)c1. The molecular formula is C24H30N2O5S. The summed E-state index contributed by atoms with van der Waals surface area (Å²) < 4.78 is 39.6. The molecule has 1 N–H and O–H groups in total. The predicted octanol–water partition coefficient (Wildman–Crippen LogP) is 3.27. The molecule has 0 unspecified atom stereocenters. The zero-order valence-corrected chi connectivity index (χ0v) is 19.4. The minimum Gasteiger partial charge on any atom is -0.497 e. The summed E-state index contributed by atoms with van der Waals surface area (Å²) in [7, 11) is -1.14. The fourth-order valence-corrected chi connectivity index (χ4v) is 6.37. The third kappa shape index (κ3) is 4.47. The van der Waals surface area contributed by atoms with Crippen molar-refractivity contribution in [2.24, 2.45) is 0 Å². The number of ether oxygens (including phenoxy) is 2. The second-order valence-electron chi connectivity index (χ2n) is 8.40. The number of carbonyl (C=O) groups excluding carboxylic acids is 1. The number of hydrogen-bond acceptors (Lipinski definition) is 5. The van der Waals surface area contributed by atoms with Crippen LogP contribution in [0, 0.1) is 0 Å². The molecule has 0 saturated heterocycles. The zero-order chi connectivity index (χ0) is 22.7. The fourth-order valence-electron chi connectivity index (χ4n) is 4.63. The summed E-state index contributed by atoms with van der Waals surface area (Å²) in [6.45, 7) is 0.127. The molecule has 1 heterocycles. The van der Waals surface area contributed by atoms with Crippen LogP contribution in [0.15, 0.2) is 47.4 Å². The minimum atomic E-state index is -4.05. The molecule has 2 aromatic carbocycles. The number of methoxy groups -OCH3 is 2. The van der Waals surface area contributed by atoms with Gasteiger partial charge in [0, 0.05) is 18.7 Å². The van der Waals surface area contributed by atoms with Crippen LogP contribution in [0.25, 0.3) is 0 Å². The highest BCUT2D eigenvalue weighted by Gasteiger charge is 2.41. The van der Waals surface area contributed by atoms with Gasteiger partial charge in [-0.05, 0) is 42.5 Å². The third-order valence-electron chi connectivity index (χ3n) is 6.42. The smallest absolute Gasteiger partial charge is 0.247 e. The van der Waals surface area contributed by atoms with Gasteiger partial charge >= 0.3 is 0 Å². The van der Waals surface area contributed by atoms with Crippen molar-refractivity contribution in [2.75, 3.05) is 14.2 Å². The van der Waals surface area contributed by atoms with E-state index >= 15 is 0 Å². The van der Waals surface area contributed by atoms with Gasteiger partial charge in [-0.15, -0.1) is 0 Å². The fraction of sp³-hybridized carbons (Fsp3) is 0.458. The molecule has 32 heavy (non-hydrogen) atoms. The van der Waals surface area contributed by atoms with E-state index in [1.165, 1.54) is 31.0 Å². The molecule has 2 aliphatic rings. The molecule has 0 aromatic heterocycles. The molecule has 1 aliphatic heterocycles. The van der Waals surface area contributed by atoms with Crippen LogP contribution >= 0.6 is 0 Å². The van der Waals surface area contributed by atoms with Crippen molar-refractivity contribution in [3.05, 3.63) is 53.6 Å². The van der Waals surface area contributed by atoms with Gasteiger partial charge in [-0.1, -0.05) is 43.5 Å². The molecule has 2 aromatic rings. The van der Waals surface area contributed by atoms with Crippen molar-refractivity contribution in [2.45, 2.75) is 62.0 Å². The Morgan fingerprint density at radius 2 is 1.72 bits per heavy atom. The van der Waals surface area contributed by atoms with Gasteiger partial charge in [0.25, 0.3) is 0 Å². The van der Waals surface area contributed by atoms with Gasteiger partial charge < -0.3 is 14.8 Å². The van der Waals surface area contributed by atoms with Crippen molar-refractivity contribution < 1.29 is 22.7 Å². The van der Waals surface area contributed by atoms with Crippen LogP contribution in [0.4, 0.5) is 0 Å². The molecule has 8 heteroatoms. The lowest BCUT2D eigenvalue weighted by Gasteiger charge is -2.36. The zero-order valence-electron chi connectivity index (χ0n) is 18.5. The van der Waals surface area contributed by atoms with E-state index in [0.29, 0.717) is 12.2 Å². The Morgan fingerprint density at radius 3 is 2.41 bits per heavy atom. The first-order valence-corrected chi connectivity index (χ1v) is 12.5. The average Bonchev–Trinajstić information content (AvgIpc) is 2.83. The maximum Gasteiger partial charge on any atom is 0.247 e. The molecule has 1 amide bonds. The Hall–Kier alpha value is -2.58. The first-order chi connectivity index (χ1) is 15.4. The molecule has 0 spiro atoms. The second-order valence-corrected chi connectivity index (χ2v) is 10.3. The Bertz CT molecular complexity index is 1080. The van der Waals surface area contributed by atoms with E-state index in [1.807, 2.05) is 24.3 Å². The molecule has 172 valence electrons. The summed E-state index contributed by atoms with van der Waals surface area (Å²) in [5.41, 5.74) is 1.90. The van der Waals surface area contributed by atoms with Gasteiger partial charge in [-0.25, -0.2) is 8.42 Å². The number of fused-ring (bicyclic) bond motifs is 1. The number of rotatable bonds is 6. The van der Waals surface area contributed by atoms with E-state index in [2.05, 4.69) is 5.32 Å². The number of amides is 1. The summed E-state index contributed by atoms with van der Waals surface area (Å²) in [5.74, 6) is 0.387. The van der Waals surface area contributed by atoms with Crippen molar-refractivity contribution in [1.82, 2.24) is 9.62 Å². The summed E-state index contributed by atoms with van der Waals surface area (Å²) in [4.78, 5) is 13.4. The first-order valence-electron chi connectivity index (χ1n) is 11.0. The van der Waals surface area contributed by atoms with Crippen LogP contribution in [0.5, 0.6) is 11.5 Å². The molecule has 0 radical (unpaired) electrons. The lowest BCUT2D eigenvalue weighted by molar-refractivity contribution is -0.126. The topological polar surface area (TPSA) is 84.9 Å². The number of nitrogens with zero attached hydrogens (tertiary/aromatic N) is 1. The Balaban J connectivity index is 1.72. The molecular weight excluding hydrogens is 428 g/mol. The van der Waals surface area contributed by atoms with Crippen molar-refractivity contribution >= 4 is 15.9 Å². The highest BCUT2D eigenvalue weighted by atomic mass is 32.2. The van der Waals surface area contributed by atoms with Gasteiger partial charge in [0.2, 0.25) is 15.9 Å². The quantitative estimate of drug-likeness (QED) is 0.718. The van der Waals surface area contributed by atoms with Crippen molar-refractivity contribution in [1.29, 1.82) is 0 Å². The van der Waals surface area contributed by atoms with Crippen LogP contribution in [-0.2, 0) is 27.8 Å². The largest absolute Gasteiger partial charge is 0.497 e. The third-order valence-corrected chi connectivity index (χ3v) is 8.29. The monoisotopic (exact) mass is 458 g/mol. The van der Waals surface area contributed by atoms with Gasteiger partial charge in [-0.3, -0.25) is 4.79 Å². The molecule has 1 fully saturated rings. The van der Waals surface area contributed by atoms with E-state index in [4.69, 9.17) is 9.47 Å². The highest BCUT2D eigenvalue weighted by Crippen LogP contribution is 2.35. The van der Waals surface area contributed by atoms with Gasteiger partial charge in [0.15, 0.2) is 0 Å². The van der Waals surface area contributed by atoms with E-state index in [-0.39, 0.29) is 29.1 Å². The van der Waals surface area contributed by atoms with E-state index in [0.717, 1.165) is 36.8 Å². The summed E-state index contributed by atoms with van der Waals surface area (Å²) in [6.07, 6.45) is 5.56. The van der Waals surface area contributed by atoms with Crippen LogP contribution in [0.2, 0.25) is 0 Å². The molecule has 1 atom stereocenters. The molecule has 1 aliphatic carbocycles. The normalized spacial score (nSPS) is 19.8. The first kappa shape index (κ1) is 22.6. The van der Waals surface area contributed by atoms with Crippen molar-refractivity contribution in [3.63, 3.8) is 0 Å². The summed E-state index contributed by atoms with van der Waals surface area (Å²) in [5, 5.41) is 3.12. The Morgan fingerprint density at radius 1 is 1.00 bits per heavy atom. The standard InChI is InChI=1S/C24H30N2O5S/c1-30-20-12-13-22(31-2)23(15-20)32(28,29)26-16-18-9-7-6-8-17(18)14-21(26)24(27)25-19-10-4-3-5-11-19/h6-9,12-13,15,19,21H,3-5,10-11,14,16H2,1-2H3,(H,25,27)/t21-/m0/s1. The highest BCUT2D eigenvalue weighted by molar-refractivity contribution is 7.89. The lowest BCUT2D eigenvalue weighted by Crippen LogP contribution is -2.54. The van der Waals surface area contributed by atoms with E-state index in [1.54, 1.807) is 12.1 Å². The summed E-state index contributed by atoms with van der Waals surface area (Å²) >= 11 is 0. The molecule has 1 saturated carbocycles. The number of carbonyl (C=O) groups is 1. The summed E-state index contributed by atoms with van der Waals surface area (Å²) in [6, 6.07) is 11.6. The average molecular weight is 459 g/mol. The van der Waals surface area contributed by atoms with Crippen LogP contribution in [-0.4, -0.2) is 44.9 Å². The van der Waals surface area contributed by atoms with Crippen LogP contribution in [0.3, 0.4) is 0 Å². The second kappa shape index (κ2) is 9.50. The van der Waals surface area contributed by atoms with E-state index < -0.39 is 16.1 Å². The minimum absolute atomic E-state index is 0.00537. The molecule has 7 nitrogen and oxygen atoms in total. The number of sulfonamides is 1. The molecule has 4 rings (SSSR count). The maximum atomic E-state index is 13.9. The van der Waals surface area contributed by atoms with Gasteiger partial charge in [0.05, 0.1) is 14.2 Å². The van der Waals surface area contributed by atoms with E-state index in [9.17, 15) is 13.2 Å². The van der Waals surface area contributed by atoms with Crippen LogP contribution < -0.4 is 14.8 Å². The molecule has 0 bridgehead atoms. The van der Waals surface area contributed by atoms with Gasteiger partial charge in [-0.2, -0.15) is 4.31 Å². The Kier molecular flexibility index (Phi) is 6.71. The lowest BCUT2D eigenvalue weighted by atomic mass is 9.93. The Labute approximate surface area is 189 Å². The van der Waals surface area contributed by atoms with Gasteiger partial charge in [0.1, 0.15) is 22.4 Å².